The quantitative estimate of drug-likeness (QED) is 0.859. The van der Waals surface area contributed by atoms with E-state index in [4.69, 9.17) is 16.3 Å². The van der Waals surface area contributed by atoms with Crippen molar-refractivity contribution in [2.24, 2.45) is 0 Å². The molecule has 2 rings (SSSR count). The molecule has 1 N–H and O–H groups in total. The highest BCUT2D eigenvalue weighted by molar-refractivity contribution is 6.31. The summed E-state index contributed by atoms with van der Waals surface area (Å²) in [5, 5.41) is 10.3. The average molecular weight is 263 g/mol. The van der Waals surface area contributed by atoms with Crippen molar-refractivity contribution in [3.8, 4) is 11.5 Å². The molecule has 2 aromatic carbocycles. The summed E-state index contributed by atoms with van der Waals surface area (Å²) in [6, 6.07) is 12.0. The molecule has 0 saturated heterocycles. The van der Waals surface area contributed by atoms with Crippen LogP contribution in [0.1, 0.15) is 15.9 Å². The molecule has 0 unspecified atom stereocenters. The minimum Gasteiger partial charge on any atom is -0.504 e. The molecule has 3 nitrogen and oxygen atoms in total. The molecule has 0 amide bonds. The first-order valence-corrected chi connectivity index (χ1v) is 5.73. The zero-order valence-electron chi connectivity index (χ0n) is 9.47. The third-order valence-corrected chi connectivity index (χ3v) is 2.87. The van der Waals surface area contributed by atoms with E-state index in [1.165, 1.54) is 6.07 Å². The Hall–Kier alpha value is -2.00. The smallest absolute Gasteiger partial charge is 0.168 e. The van der Waals surface area contributed by atoms with Crippen molar-refractivity contribution in [3.05, 3.63) is 58.6 Å². The van der Waals surface area contributed by atoms with Gasteiger partial charge in [-0.15, -0.1) is 0 Å². The number of carbonyl (C=O) groups excluding carboxylic acids is 1. The predicted octanol–water partition coefficient (Wildman–Crippen LogP) is 3.44. The predicted molar refractivity (Wildman–Crippen MR) is 69.3 cm³/mol. The van der Waals surface area contributed by atoms with E-state index in [1.807, 2.05) is 18.2 Å². The number of ether oxygens (including phenoxy) is 1. The fourth-order valence-electron chi connectivity index (χ4n) is 1.52. The summed E-state index contributed by atoms with van der Waals surface area (Å²) in [6.07, 6.45) is 0.581. The number of halogens is 1. The summed E-state index contributed by atoms with van der Waals surface area (Å²) in [5.74, 6) is 0.110. The zero-order chi connectivity index (χ0) is 13.0. The fraction of sp³-hybridized carbons (Fsp3) is 0.0714. The lowest BCUT2D eigenvalue weighted by Gasteiger charge is -2.10. The van der Waals surface area contributed by atoms with Gasteiger partial charge < -0.3 is 9.84 Å². The van der Waals surface area contributed by atoms with Gasteiger partial charge in [-0.25, -0.2) is 0 Å². The van der Waals surface area contributed by atoms with Crippen LogP contribution in [0.5, 0.6) is 11.5 Å². The molecule has 0 atom stereocenters. The zero-order valence-corrected chi connectivity index (χ0v) is 10.2. The molecule has 0 aliphatic heterocycles. The minimum atomic E-state index is -0.153. The lowest BCUT2D eigenvalue weighted by molar-refractivity contribution is 0.112. The largest absolute Gasteiger partial charge is 0.504 e. The monoisotopic (exact) mass is 262 g/mol. The van der Waals surface area contributed by atoms with Gasteiger partial charge in [0.05, 0.1) is 5.56 Å². The third kappa shape index (κ3) is 2.63. The van der Waals surface area contributed by atoms with Gasteiger partial charge >= 0.3 is 0 Å². The van der Waals surface area contributed by atoms with E-state index in [1.54, 1.807) is 18.2 Å². The maximum Gasteiger partial charge on any atom is 0.168 e. The number of benzene rings is 2. The van der Waals surface area contributed by atoms with Crippen molar-refractivity contribution in [1.29, 1.82) is 0 Å². The fourth-order valence-corrected chi connectivity index (χ4v) is 1.71. The van der Waals surface area contributed by atoms with Gasteiger partial charge in [0.15, 0.2) is 17.8 Å². The molecule has 4 heteroatoms. The summed E-state index contributed by atoms with van der Waals surface area (Å²) in [5.41, 5.74) is 1.02. The van der Waals surface area contributed by atoms with Crippen LogP contribution < -0.4 is 4.74 Å². The van der Waals surface area contributed by atoms with E-state index in [0.29, 0.717) is 11.3 Å². The highest BCUT2D eigenvalue weighted by Crippen LogP contribution is 2.29. The number of carbonyl (C=O) groups is 1. The molecule has 2 aromatic rings. The topological polar surface area (TPSA) is 46.5 Å². The number of phenolic OH excluding ortho intramolecular Hbond substituents is 1. The third-order valence-electron chi connectivity index (χ3n) is 2.50. The first-order chi connectivity index (χ1) is 8.72. The van der Waals surface area contributed by atoms with E-state index < -0.39 is 0 Å². The van der Waals surface area contributed by atoms with Crippen LogP contribution in [0.3, 0.4) is 0 Å². The second-order valence-electron chi connectivity index (χ2n) is 3.69. The number of aromatic hydroxyl groups is 1. The molecular weight excluding hydrogens is 252 g/mol. The van der Waals surface area contributed by atoms with Gasteiger partial charge in [0.1, 0.15) is 6.61 Å². The molecule has 0 heterocycles. The molecule has 0 saturated carbocycles. The van der Waals surface area contributed by atoms with Gasteiger partial charge in [-0.3, -0.25) is 4.79 Å². The van der Waals surface area contributed by atoms with Crippen molar-refractivity contribution in [1.82, 2.24) is 0 Å². The SMILES string of the molecule is O=Cc1cccc(OCc2ccccc2Cl)c1O. The maximum atomic E-state index is 10.7. The molecule has 0 bridgehead atoms. The Morgan fingerprint density at radius 1 is 1.17 bits per heavy atom. The van der Waals surface area contributed by atoms with Gasteiger partial charge in [-0.2, -0.15) is 0 Å². The Kier molecular flexibility index (Phi) is 3.85. The first kappa shape index (κ1) is 12.5. The molecular formula is C14H11ClO3. The van der Waals surface area contributed by atoms with Gasteiger partial charge in [0.25, 0.3) is 0 Å². The Labute approximate surface area is 110 Å². The average Bonchev–Trinajstić information content (AvgIpc) is 2.39. The van der Waals surface area contributed by atoms with E-state index in [-0.39, 0.29) is 23.7 Å². The van der Waals surface area contributed by atoms with Crippen molar-refractivity contribution >= 4 is 17.9 Å². The Morgan fingerprint density at radius 3 is 2.67 bits per heavy atom. The highest BCUT2D eigenvalue weighted by atomic mass is 35.5. The molecule has 0 aliphatic rings. The van der Waals surface area contributed by atoms with Crippen LogP contribution in [0.4, 0.5) is 0 Å². The summed E-state index contributed by atoms with van der Waals surface area (Å²) < 4.78 is 5.45. The van der Waals surface area contributed by atoms with E-state index in [9.17, 15) is 9.90 Å². The lowest BCUT2D eigenvalue weighted by atomic mass is 10.2. The number of para-hydroxylation sites is 1. The van der Waals surface area contributed by atoms with E-state index >= 15 is 0 Å². The van der Waals surface area contributed by atoms with Crippen LogP contribution >= 0.6 is 11.6 Å². The first-order valence-electron chi connectivity index (χ1n) is 5.35. The molecule has 0 fully saturated rings. The maximum absolute atomic E-state index is 10.7. The summed E-state index contributed by atoms with van der Waals surface area (Å²) in [6.45, 7) is 0.232. The van der Waals surface area contributed by atoms with Gasteiger partial charge in [-0.1, -0.05) is 35.9 Å². The number of phenols is 1. The molecule has 0 spiro atoms. The second-order valence-corrected chi connectivity index (χ2v) is 4.10. The second kappa shape index (κ2) is 5.56. The van der Waals surface area contributed by atoms with Gasteiger partial charge in [-0.05, 0) is 18.2 Å². The van der Waals surface area contributed by atoms with Crippen molar-refractivity contribution in [2.45, 2.75) is 6.61 Å². The van der Waals surface area contributed by atoms with E-state index in [2.05, 4.69) is 0 Å². The molecule has 18 heavy (non-hydrogen) atoms. The summed E-state index contributed by atoms with van der Waals surface area (Å²) in [7, 11) is 0. The number of aldehydes is 1. The van der Waals surface area contributed by atoms with Crippen LogP contribution in [0.15, 0.2) is 42.5 Å². The van der Waals surface area contributed by atoms with Crippen LogP contribution in [0.25, 0.3) is 0 Å². The summed E-state index contributed by atoms with van der Waals surface area (Å²) >= 11 is 5.99. The van der Waals surface area contributed by atoms with Gasteiger partial charge in [0.2, 0.25) is 0 Å². The van der Waals surface area contributed by atoms with Crippen molar-refractivity contribution in [2.75, 3.05) is 0 Å². The van der Waals surface area contributed by atoms with Crippen LogP contribution in [-0.2, 0) is 6.61 Å². The molecule has 92 valence electrons. The number of hydrogen-bond donors (Lipinski definition) is 1. The highest BCUT2D eigenvalue weighted by Gasteiger charge is 2.08. The van der Waals surface area contributed by atoms with Crippen LogP contribution in [0, 0.1) is 0 Å². The number of rotatable bonds is 4. The molecule has 0 radical (unpaired) electrons. The minimum absolute atomic E-state index is 0.153. The van der Waals surface area contributed by atoms with Crippen LogP contribution in [-0.4, -0.2) is 11.4 Å². The number of hydrogen-bond acceptors (Lipinski definition) is 3. The summed E-state index contributed by atoms with van der Waals surface area (Å²) in [4.78, 5) is 10.7. The molecule has 0 aromatic heterocycles. The van der Waals surface area contributed by atoms with Crippen molar-refractivity contribution < 1.29 is 14.6 Å². The van der Waals surface area contributed by atoms with E-state index in [0.717, 1.165) is 5.56 Å². The van der Waals surface area contributed by atoms with Crippen molar-refractivity contribution in [3.63, 3.8) is 0 Å². The lowest BCUT2D eigenvalue weighted by Crippen LogP contribution is -1.97. The van der Waals surface area contributed by atoms with Crippen LogP contribution in [0.2, 0.25) is 5.02 Å². The Balaban J connectivity index is 2.16. The normalized spacial score (nSPS) is 10.1. The standard InChI is InChI=1S/C14H11ClO3/c15-12-6-2-1-4-11(12)9-18-13-7-3-5-10(8-16)14(13)17/h1-8,17H,9H2. The molecule has 0 aliphatic carbocycles. The Morgan fingerprint density at radius 2 is 1.94 bits per heavy atom. The Bertz CT molecular complexity index is 567. The van der Waals surface area contributed by atoms with Gasteiger partial charge in [0, 0.05) is 10.6 Å².